The van der Waals surface area contributed by atoms with Crippen molar-refractivity contribution in [2.45, 2.75) is 0 Å². The molecule has 0 saturated carbocycles. The van der Waals surface area contributed by atoms with Crippen LogP contribution in [0.1, 0.15) is 15.9 Å². The summed E-state index contributed by atoms with van der Waals surface area (Å²) in [7, 11) is 0. The summed E-state index contributed by atoms with van der Waals surface area (Å²) >= 11 is 0. The molecule has 0 aliphatic rings. The van der Waals surface area contributed by atoms with Gasteiger partial charge >= 0.3 is 5.97 Å². The van der Waals surface area contributed by atoms with E-state index in [1.807, 2.05) is 0 Å². The van der Waals surface area contributed by atoms with Crippen LogP contribution in [0.4, 0.5) is 0 Å². The van der Waals surface area contributed by atoms with Crippen LogP contribution in [0, 0.1) is 0 Å². The zero-order valence-electron chi connectivity index (χ0n) is 11.5. The van der Waals surface area contributed by atoms with Gasteiger partial charge in [0.2, 0.25) is 0 Å². The third kappa shape index (κ3) is 4.71. The molecule has 1 aromatic heterocycles. The summed E-state index contributed by atoms with van der Waals surface area (Å²) < 4.78 is 5.00. The molecule has 7 heteroatoms. The third-order valence-corrected chi connectivity index (χ3v) is 2.56. The normalized spacial score (nSPS) is 10.4. The average molecular weight is 299 g/mol. The minimum atomic E-state index is -1.04. The number of carboxylic acid groups (broad SMARTS) is 1. The average Bonchev–Trinajstić information content (AvgIpc) is 2.55. The number of amides is 1. The number of pyridine rings is 1. The molecule has 2 rings (SSSR count). The molecule has 7 nitrogen and oxygen atoms in total. The van der Waals surface area contributed by atoms with Crippen molar-refractivity contribution in [3.05, 3.63) is 59.9 Å². The van der Waals surface area contributed by atoms with Gasteiger partial charge in [-0.3, -0.25) is 9.78 Å². The molecule has 0 unspecified atom stereocenters. The first kappa shape index (κ1) is 15.2. The molecule has 1 aromatic carbocycles. The number of hydrazone groups is 1. The van der Waals surface area contributed by atoms with Crippen LogP contribution < -0.4 is 10.2 Å². The molecule has 0 saturated heterocycles. The first-order chi connectivity index (χ1) is 10.6. The highest BCUT2D eigenvalue weighted by atomic mass is 16.5. The van der Waals surface area contributed by atoms with Crippen LogP contribution in [-0.2, 0) is 4.79 Å². The zero-order chi connectivity index (χ0) is 15.8. The van der Waals surface area contributed by atoms with E-state index >= 15 is 0 Å². The van der Waals surface area contributed by atoms with E-state index in [0.29, 0.717) is 11.3 Å². The Kier molecular flexibility index (Phi) is 5.20. The molecule has 0 spiro atoms. The highest BCUT2D eigenvalue weighted by Gasteiger charge is 2.02. The van der Waals surface area contributed by atoms with Gasteiger partial charge in [-0.1, -0.05) is 0 Å². The lowest BCUT2D eigenvalue weighted by Crippen LogP contribution is -2.17. The van der Waals surface area contributed by atoms with E-state index in [1.165, 1.54) is 18.6 Å². The van der Waals surface area contributed by atoms with Crippen LogP contribution in [0.25, 0.3) is 0 Å². The number of aromatic nitrogens is 1. The van der Waals surface area contributed by atoms with Gasteiger partial charge in [0.15, 0.2) is 6.61 Å². The second-order valence-corrected chi connectivity index (χ2v) is 4.19. The fourth-order valence-corrected chi connectivity index (χ4v) is 1.53. The molecule has 0 bridgehead atoms. The molecule has 0 aliphatic heterocycles. The maximum atomic E-state index is 11.7. The first-order valence-corrected chi connectivity index (χ1v) is 6.33. The van der Waals surface area contributed by atoms with Gasteiger partial charge in [0.05, 0.1) is 6.21 Å². The fraction of sp³-hybridized carbons (Fsp3) is 0.0667. The summed E-state index contributed by atoms with van der Waals surface area (Å²) in [6, 6.07) is 9.79. The van der Waals surface area contributed by atoms with E-state index in [2.05, 4.69) is 15.5 Å². The molecular weight excluding hydrogens is 286 g/mol. The summed E-state index contributed by atoms with van der Waals surface area (Å²) in [5, 5.41) is 12.3. The summed E-state index contributed by atoms with van der Waals surface area (Å²) in [5.74, 6) is -0.926. The van der Waals surface area contributed by atoms with Crippen LogP contribution in [0.5, 0.6) is 5.75 Å². The van der Waals surface area contributed by atoms with Gasteiger partial charge in [-0.25, -0.2) is 10.2 Å². The number of carbonyl (C=O) groups excluding carboxylic acids is 1. The van der Waals surface area contributed by atoms with Crippen molar-refractivity contribution >= 4 is 18.1 Å². The monoisotopic (exact) mass is 299 g/mol. The molecule has 0 radical (unpaired) electrons. The van der Waals surface area contributed by atoms with Gasteiger partial charge in [0, 0.05) is 18.0 Å². The number of nitrogens with zero attached hydrogens (tertiary/aromatic N) is 2. The standard InChI is InChI=1S/C15H13N3O4/c19-14(20)10-22-13-3-1-11(2-4-13)9-17-18-15(21)12-5-7-16-8-6-12/h1-9H,10H2,(H,18,21)(H,19,20)/b17-9+. The molecule has 1 heterocycles. The van der Waals surface area contributed by atoms with Crippen molar-refractivity contribution in [2.75, 3.05) is 6.61 Å². The number of aliphatic carboxylic acids is 1. The highest BCUT2D eigenvalue weighted by Crippen LogP contribution is 2.10. The molecule has 112 valence electrons. The van der Waals surface area contributed by atoms with Gasteiger partial charge in [-0.2, -0.15) is 5.10 Å². The number of hydrogen-bond acceptors (Lipinski definition) is 5. The van der Waals surface area contributed by atoms with Crippen molar-refractivity contribution in [1.29, 1.82) is 0 Å². The van der Waals surface area contributed by atoms with Crippen LogP contribution in [0.15, 0.2) is 53.9 Å². The molecule has 0 atom stereocenters. The Morgan fingerprint density at radius 3 is 2.50 bits per heavy atom. The smallest absolute Gasteiger partial charge is 0.341 e. The Bertz CT molecular complexity index is 669. The third-order valence-electron chi connectivity index (χ3n) is 2.56. The SMILES string of the molecule is O=C(O)COc1ccc(/C=N/NC(=O)c2ccncc2)cc1. The lowest BCUT2D eigenvalue weighted by molar-refractivity contribution is -0.139. The molecule has 0 aliphatic carbocycles. The fourth-order valence-electron chi connectivity index (χ4n) is 1.53. The minimum absolute atomic E-state index is 0.333. The number of carboxylic acids is 1. The van der Waals surface area contributed by atoms with Crippen LogP contribution in [0.3, 0.4) is 0 Å². The van der Waals surface area contributed by atoms with Crippen molar-refractivity contribution in [3.63, 3.8) is 0 Å². The molecule has 22 heavy (non-hydrogen) atoms. The van der Waals surface area contributed by atoms with E-state index < -0.39 is 12.6 Å². The van der Waals surface area contributed by atoms with Gasteiger partial charge in [0.1, 0.15) is 5.75 Å². The number of carbonyl (C=O) groups is 2. The summed E-state index contributed by atoms with van der Waals surface area (Å²) in [6.07, 6.45) is 4.52. The maximum absolute atomic E-state index is 11.7. The first-order valence-electron chi connectivity index (χ1n) is 6.33. The number of nitrogens with one attached hydrogen (secondary N) is 1. The molecule has 2 N–H and O–H groups in total. The highest BCUT2D eigenvalue weighted by molar-refractivity contribution is 5.94. The minimum Gasteiger partial charge on any atom is -0.482 e. The van der Waals surface area contributed by atoms with Gasteiger partial charge in [0.25, 0.3) is 5.91 Å². The number of ether oxygens (including phenoxy) is 1. The van der Waals surface area contributed by atoms with Crippen molar-refractivity contribution < 1.29 is 19.4 Å². The Morgan fingerprint density at radius 1 is 1.18 bits per heavy atom. The summed E-state index contributed by atoms with van der Waals surface area (Å²) in [5.41, 5.74) is 3.59. The Morgan fingerprint density at radius 2 is 1.86 bits per heavy atom. The second-order valence-electron chi connectivity index (χ2n) is 4.19. The zero-order valence-corrected chi connectivity index (χ0v) is 11.5. The molecule has 1 amide bonds. The number of benzene rings is 1. The lowest BCUT2D eigenvalue weighted by Gasteiger charge is -2.02. The van der Waals surface area contributed by atoms with Crippen molar-refractivity contribution in [2.24, 2.45) is 5.10 Å². The maximum Gasteiger partial charge on any atom is 0.341 e. The van der Waals surface area contributed by atoms with Crippen LogP contribution >= 0.6 is 0 Å². The number of hydrogen-bond donors (Lipinski definition) is 2. The Hall–Kier alpha value is -3.22. The summed E-state index contributed by atoms with van der Waals surface area (Å²) in [4.78, 5) is 25.9. The van der Waals surface area contributed by atoms with Gasteiger partial charge in [-0.05, 0) is 42.0 Å². The molecule has 2 aromatic rings. The van der Waals surface area contributed by atoms with E-state index in [9.17, 15) is 9.59 Å². The second kappa shape index (κ2) is 7.53. The predicted molar refractivity (Wildman–Crippen MR) is 78.9 cm³/mol. The Labute approximate surface area is 126 Å². The van der Waals surface area contributed by atoms with Crippen molar-refractivity contribution in [3.8, 4) is 5.75 Å². The van der Waals surface area contributed by atoms with Gasteiger partial charge in [-0.15, -0.1) is 0 Å². The molecule has 0 fully saturated rings. The van der Waals surface area contributed by atoms with E-state index in [4.69, 9.17) is 9.84 Å². The van der Waals surface area contributed by atoms with E-state index in [-0.39, 0.29) is 5.91 Å². The largest absolute Gasteiger partial charge is 0.482 e. The van der Waals surface area contributed by atoms with Crippen molar-refractivity contribution in [1.82, 2.24) is 10.4 Å². The van der Waals surface area contributed by atoms with E-state index in [0.717, 1.165) is 5.56 Å². The molecular formula is C15H13N3O4. The van der Waals surface area contributed by atoms with Crippen LogP contribution in [0.2, 0.25) is 0 Å². The topological polar surface area (TPSA) is 101 Å². The van der Waals surface area contributed by atoms with Gasteiger partial charge < -0.3 is 9.84 Å². The number of rotatable bonds is 6. The quantitative estimate of drug-likeness (QED) is 0.618. The predicted octanol–water partition coefficient (Wildman–Crippen LogP) is 1.31. The van der Waals surface area contributed by atoms with E-state index in [1.54, 1.807) is 36.4 Å². The Balaban J connectivity index is 1.88. The van der Waals surface area contributed by atoms with Crippen LogP contribution in [-0.4, -0.2) is 34.8 Å². The summed E-state index contributed by atoms with van der Waals surface area (Å²) in [6.45, 7) is -0.393. The lowest BCUT2D eigenvalue weighted by atomic mass is 10.2.